The fourth-order valence-corrected chi connectivity index (χ4v) is 3.40. The van der Waals surface area contributed by atoms with Crippen molar-refractivity contribution in [3.05, 3.63) is 70.8 Å². The number of pyridine rings is 1. The zero-order chi connectivity index (χ0) is 16.6. The predicted molar refractivity (Wildman–Crippen MR) is 86.6 cm³/mol. The van der Waals surface area contributed by atoms with Crippen molar-refractivity contribution in [3.8, 4) is 0 Å². The highest BCUT2D eigenvalue weighted by Gasteiger charge is 2.43. The summed E-state index contributed by atoms with van der Waals surface area (Å²) in [6.45, 7) is 3.54. The van der Waals surface area contributed by atoms with Crippen LogP contribution in [0, 0.1) is 19.7 Å². The van der Waals surface area contributed by atoms with Gasteiger partial charge in [-0.15, -0.1) is 0 Å². The van der Waals surface area contributed by atoms with E-state index in [2.05, 4.69) is 4.98 Å². The first kappa shape index (κ1) is 15.4. The molecule has 3 rings (SSSR count). The number of aliphatic carboxylic acids is 1. The van der Waals surface area contributed by atoms with Crippen molar-refractivity contribution in [2.45, 2.75) is 32.1 Å². The Hall–Kier alpha value is -2.49. The van der Waals surface area contributed by atoms with Crippen LogP contribution in [0.4, 0.5) is 4.39 Å². The maximum Gasteiger partial charge on any atom is 0.318 e. The lowest BCUT2D eigenvalue weighted by molar-refractivity contribution is -0.141. The first-order chi connectivity index (χ1) is 11.0. The van der Waals surface area contributed by atoms with Gasteiger partial charge in [-0.05, 0) is 61.1 Å². The van der Waals surface area contributed by atoms with Crippen LogP contribution < -0.4 is 0 Å². The summed E-state index contributed by atoms with van der Waals surface area (Å²) in [7, 11) is 0. The lowest BCUT2D eigenvalue weighted by Gasteiger charge is -2.24. The number of hydrogen-bond acceptors (Lipinski definition) is 2. The van der Waals surface area contributed by atoms with Gasteiger partial charge in [0.15, 0.2) is 0 Å². The Morgan fingerprint density at radius 1 is 1.26 bits per heavy atom. The van der Waals surface area contributed by atoms with Gasteiger partial charge in [0.25, 0.3) is 0 Å². The number of rotatable bonds is 3. The predicted octanol–water partition coefficient (Wildman–Crippen LogP) is 4.04. The van der Waals surface area contributed by atoms with Crippen molar-refractivity contribution in [2.75, 3.05) is 0 Å². The van der Waals surface area contributed by atoms with E-state index >= 15 is 0 Å². The van der Waals surface area contributed by atoms with Gasteiger partial charge in [-0.25, -0.2) is 4.39 Å². The number of carbonyl (C=O) groups is 1. The summed E-state index contributed by atoms with van der Waals surface area (Å²) in [6.07, 6.45) is 4.56. The third kappa shape index (κ3) is 2.44. The lowest BCUT2D eigenvalue weighted by atomic mass is 9.78. The number of carboxylic acids is 1. The molecular weight excluding hydrogens is 293 g/mol. The molecule has 1 aliphatic carbocycles. The molecule has 1 atom stereocenters. The van der Waals surface area contributed by atoms with Gasteiger partial charge in [-0.3, -0.25) is 9.78 Å². The van der Waals surface area contributed by atoms with Crippen LogP contribution in [0.2, 0.25) is 0 Å². The Labute approximate surface area is 134 Å². The van der Waals surface area contributed by atoms with Gasteiger partial charge in [0.2, 0.25) is 0 Å². The molecule has 0 spiro atoms. The Bertz CT molecular complexity index is 813. The molecule has 0 fully saturated rings. The zero-order valence-corrected chi connectivity index (χ0v) is 13.1. The second kappa shape index (κ2) is 5.61. The lowest BCUT2D eigenvalue weighted by Crippen LogP contribution is -2.32. The third-order valence-corrected chi connectivity index (χ3v) is 4.69. The Morgan fingerprint density at radius 3 is 2.74 bits per heavy atom. The van der Waals surface area contributed by atoms with E-state index in [0.29, 0.717) is 24.0 Å². The fraction of sp³-hybridized carbons (Fsp3) is 0.263. The van der Waals surface area contributed by atoms with Crippen molar-refractivity contribution in [3.63, 3.8) is 0 Å². The molecule has 0 amide bonds. The largest absolute Gasteiger partial charge is 0.480 e. The first-order valence-corrected chi connectivity index (χ1v) is 7.58. The molecule has 1 aromatic carbocycles. The minimum Gasteiger partial charge on any atom is -0.480 e. The van der Waals surface area contributed by atoms with E-state index in [1.165, 1.54) is 6.07 Å². The maximum atomic E-state index is 13.9. The monoisotopic (exact) mass is 311 g/mol. The number of hydrogen-bond donors (Lipinski definition) is 1. The molecule has 0 radical (unpaired) electrons. The molecule has 3 nitrogen and oxygen atoms in total. The quantitative estimate of drug-likeness (QED) is 0.931. The molecule has 23 heavy (non-hydrogen) atoms. The Morgan fingerprint density at radius 2 is 2.04 bits per heavy atom. The van der Waals surface area contributed by atoms with Crippen molar-refractivity contribution >= 4 is 11.5 Å². The molecule has 0 aliphatic heterocycles. The standard InChI is InChI=1S/C19H18FNO2/c1-12-16(6-3-7-17(12)20)19(18(22)23)9-8-14(11-19)15-5-4-10-21-13(15)2/h3-7,10-11H,8-9H2,1-2H3,(H,22,23)/t19-/m0/s1. The van der Waals surface area contributed by atoms with Crippen LogP contribution in [-0.4, -0.2) is 16.1 Å². The van der Waals surface area contributed by atoms with Crippen LogP contribution >= 0.6 is 0 Å². The smallest absolute Gasteiger partial charge is 0.318 e. The molecule has 1 aromatic heterocycles. The van der Waals surface area contributed by atoms with Gasteiger partial charge >= 0.3 is 5.97 Å². The summed E-state index contributed by atoms with van der Waals surface area (Å²) in [4.78, 5) is 16.3. The molecule has 0 bridgehead atoms. The van der Waals surface area contributed by atoms with Crippen LogP contribution in [0.1, 0.15) is 35.2 Å². The minimum atomic E-state index is -1.18. The number of benzene rings is 1. The van der Waals surface area contributed by atoms with Gasteiger partial charge in [0.05, 0.1) is 0 Å². The van der Waals surface area contributed by atoms with E-state index in [-0.39, 0.29) is 5.82 Å². The highest BCUT2D eigenvalue weighted by molar-refractivity contribution is 5.90. The number of allylic oxidation sites excluding steroid dienone is 1. The van der Waals surface area contributed by atoms with Crippen LogP contribution in [-0.2, 0) is 10.2 Å². The van der Waals surface area contributed by atoms with E-state index in [1.807, 2.05) is 19.1 Å². The van der Waals surface area contributed by atoms with Crippen LogP contribution in [0.15, 0.2) is 42.6 Å². The normalized spacial score (nSPS) is 20.4. The number of halogens is 1. The topological polar surface area (TPSA) is 50.2 Å². The van der Waals surface area contributed by atoms with Gasteiger partial charge in [-0.1, -0.05) is 24.3 Å². The van der Waals surface area contributed by atoms with Gasteiger partial charge in [0, 0.05) is 11.9 Å². The SMILES string of the molecule is Cc1ncccc1C1=C[C@](C(=O)O)(c2cccc(F)c2C)CC1. The van der Waals surface area contributed by atoms with Crippen molar-refractivity contribution in [1.82, 2.24) is 4.98 Å². The highest BCUT2D eigenvalue weighted by Crippen LogP contribution is 2.44. The molecule has 4 heteroatoms. The third-order valence-electron chi connectivity index (χ3n) is 4.69. The molecule has 1 aliphatic rings. The summed E-state index contributed by atoms with van der Waals surface area (Å²) in [6, 6.07) is 8.44. The summed E-state index contributed by atoms with van der Waals surface area (Å²) >= 11 is 0. The minimum absolute atomic E-state index is 0.373. The molecule has 0 saturated carbocycles. The van der Waals surface area contributed by atoms with Crippen LogP contribution in [0.25, 0.3) is 5.57 Å². The summed E-state index contributed by atoms with van der Waals surface area (Å²) in [5, 5.41) is 9.88. The van der Waals surface area contributed by atoms with E-state index < -0.39 is 11.4 Å². The molecule has 2 aromatic rings. The second-order valence-corrected chi connectivity index (χ2v) is 5.99. The second-order valence-electron chi connectivity index (χ2n) is 5.99. The van der Waals surface area contributed by atoms with E-state index in [0.717, 1.165) is 16.8 Å². The van der Waals surface area contributed by atoms with E-state index in [9.17, 15) is 14.3 Å². The van der Waals surface area contributed by atoms with Gasteiger partial charge < -0.3 is 5.11 Å². The number of carboxylic acid groups (broad SMARTS) is 1. The Kier molecular flexibility index (Phi) is 3.76. The zero-order valence-electron chi connectivity index (χ0n) is 13.1. The van der Waals surface area contributed by atoms with Gasteiger partial charge in [0.1, 0.15) is 11.2 Å². The highest BCUT2D eigenvalue weighted by atomic mass is 19.1. The summed E-state index contributed by atoms with van der Waals surface area (Å²) in [5.74, 6) is -1.31. The fourth-order valence-electron chi connectivity index (χ4n) is 3.40. The van der Waals surface area contributed by atoms with E-state index in [4.69, 9.17) is 0 Å². The molecule has 118 valence electrons. The molecule has 1 heterocycles. The Balaban J connectivity index is 2.17. The van der Waals surface area contributed by atoms with E-state index in [1.54, 1.807) is 31.3 Å². The molecule has 0 unspecified atom stereocenters. The maximum absolute atomic E-state index is 13.9. The van der Waals surface area contributed by atoms with Crippen LogP contribution in [0.3, 0.4) is 0 Å². The molecular formula is C19H18FNO2. The number of aryl methyl sites for hydroxylation is 1. The van der Waals surface area contributed by atoms with Gasteiger partial charge in [-0.2, -0.15) is 0 Å². The molecule has 0 saturated heterocycles. The molecule has 1 N–H and O–H groups in total. The summed E-state index contributed by atoms with van der Waals surface area (Å²) < 4.78 is 13.9. The summed E-state index contributed by atoms with van der Waals surface area (Å²) in [5.41, 5.74) is 2.54. The first-order valence-electron chi connectivity index (χ1n) is 7.58. The van der Waals surface area contributed by atoms with Crippen molar-refractivity contribution in [1.29, 1.82) is 0 Å². The average molecular weight is 311 g/mol. The number of aromatic nitrogens is 1. The van der Waals surface area contributed by atoms with Crippen molar-refractivity contribution < 1.29 is 14.3 Å². The van der Waals surface area contributed by atoms with Crippen LogP contribution in [0.5, 0.6) is 0 Å². The average Bonchev–Trinajstić information content (AvgIpc) is 2.97. The van der Waals surface area contributed by atoms with Crippen molar-refractivity contribution in [2.24, 2.45) is 0 Å². The number of nitrogens with zero attached hydrogens (tertiary/aromatic N) is 1.